The summed E-state index contributed by atoms with van der Waals surface area (Å²) >= 11 is 6.23. The van der Waals surface area contributed by atoms with E-state index in [0.717, 1.165) is 10.8 Å². The summed E-state index contributed by atoms with van der Waals surface area (Å²) in [6.45, 7) is 3.52. The van der Waals surface area contributed by atoms with Crippen LogP contribution >= 0.6 is 11.6 Å². The SMILES string of the molecule is Cc1cc(C)nc(NS(=O)(=O)c2ccc(NC(=O)c3cccc4c(Cl)cccc34)cc2)n1. The zero-order valence-electron chi connectivity index (χ0n) is 17.3. The van der Waals surface area contributed by atoms with Crippen molar-refractivity contribution in [3.63, 3.8) is 0 Å². The topological polar surface area (TPSA) is 101 Å². The maximum Gasteiger partial charge on any atom is 0.264 e. The number of benzene rings is 3. The van der Waals surface area contributed by atoms with E-state index in [-0.39, 0.29) is 16.8 Å². The van der Waals surface area contributed by atoms with Crippen molar-refractivity contribution in [1.29, 1.82) is 0 Å². The van der Waals surface area contributed by atoms with Crippen LogP contribution in [0.3, 0.4) is 0 Å². The van der Waals surface area contributed by atoms with Crippen LogP contribution in [-0.2, 0) is 10.0 Å². The van der Waals surface area contributed by atoms with Gasteiger partial charge in [-0.05, 0) is 61.7 Å². The standard InChI is InChI=1S/C23H19ClN4O3S/c1-14-13-15(2)26-23(25-14)28-32(30,31)17-11-9-16(10-12-17)27-22(29)20-7-3-6-19-18(20)5-4-8-21(19)24/h3-13H,1-2H3,(H,27,29)(H,25,26,28). The number of nitrogens with one attached hydrogen (secondary N) is 2. The molecule has 0 aliphatic heterocycles. The predicted octanol–water partition coefficient (Wildman–Crippen LogP) is 4.95. The molecule has 3 aromatic carbocycles. The summed E-state index contributed by atoms with van der Waals surface area (Å²) < 4.78 is 27.7. The van der Waals surface area contributed by atoms with Crippen LogP contribution in [0.25, 0.3) is 10.8 Å². The van der Waals surface area contributed by atoms with E-state index >= 15 is 0 Å². The number of hydrogen-bond acceptors (Lipinski definition) is 5. The number of hydrogen-bond donors (Lipinski definition) is 2. The molecule has 0 unspecified atom stereocenters. The van der Waals surface area contributed by atoms with E-state index in [2.05, 4.69) is 20.0 Å². The minimum absolute atomic E-state index is 0.00879. The monoisotopic (exact) mass is 466 g/mol. The molecule has 9 heteroatoms. The number of amides is 1. The van der Waals surface area contributed by atoms with Crippen molar-refractivity contribution in [2.24, 2.45) is 0 Å². The number of carbonyl (C=O) groups is 1. The van der Waals surface area contributed by atoms with E-state index in [1.54, 1.807) is 44.2 Å². The Morgan fingerprint density at radius 2 is 1.50 bits per heavy atom. The highest BCUT2D eigenvalue weighted by atomic mass is 35.5. The first kappa shape index (κ1) is 21.7. The fraction of sp³-hybridized carbons (Fsp3) is 0.0870. The number of nitrogens with zero attached hydrogens (tertiary/aromatic N) is 2. The van der Waals surface area contributed by atoms with Crippen LogP contribution in [0.15, 0.2) is 71.6 Å². The number of aryl methyl sites for hydroxylation is 2. The summed E-state index contributed by atoms with van der Waals surface area (Å²) in [5.74, 6) is -0.315. The van der Waals surface area contributed by atoms with Crippen LogP contribution in [0.2, 0.25) is 5.02 Å². The summed E-state index contributed by atoms with van der Waals surface area (Å²) in [5.41, 5.74) is 2.23. The quantitative estimate of drug-likeness (QED) is 0.433. The van der Waals surface area contributed by atoms with Crippen LogP contribution in [0, 0.1) is 13.8 Å². The molecule has 162 valence electrons. The lowest BCUT2D eigenvalue weighted by Crippen LogP contribution is -2.16. The van der Waals surface area contributed by atoms with E-state index in [1.807, 2.05) is 12.1 Å². The predicted molar refractivity (Wildman–Crippen MR) is 126 cm³/mol. The molecule has 0 fully saturated rings. The third-order valence-corrected chi connectivity index (χ3v) is 6.42. The van der Waals surface area contributed by atoms with Crippen molar-refractivity contribution >= 4 is 49.9 Å². The van der Waals surface area contributed by atoms with Crippen LogP contribution in [0.4, 0.5) is 11.6 Å². The summed E-state index contributed by atoms with van der Waals surface area (Å²) in [6.07, 6.45) is 0. The lowest BCUT2D eigenvalue weighted by molar-refractivity contribution is 0.102. The maximum absolute atomic E-state index is 12.8. The van der Waals surface area contributed by atoms with Gasteiger partial charge in [0.15, 0.2) is 0 Å². The molecule has 7 nitrogen and oxygen atoms in total. The lowest BCUT2D eigenvalue weighted by atomic mass is 10.0. The van der Waals surface area contributed by atoms with Gasteiger partial charge in [0.2, 0.25) is 5.95 Å². The smallest absolute Gasteiger partial charge is 0.264 e. The maximum atomic E-state index is 12.8. The van der Waals surface area contributed by atoms with Gasteiger partial charge < -0.3 is 5.32 Å². The Kier molecular flexibility index (Phi) is 5.82. The van der Waals surface area contributed by atoms with Crippen molar-refractivity contribution in [2.75, 3.05) is 10.0 Å². The highest BCUT2D eigenvalue weighted by Gasteiger charge is 2.17. The van der Waals surface area contributed by atoms with Gasteiger partial charge in [-0.15, -0.1) is 0 Å². The fourth-order valence-electron chi connectivity index (χ4n) is 3.34. The molecule has 4 aromatic rings. The largest absolute Gasteiger partial charge is 0.322 e. The van der Waals surface area contributed by atoms with Crippen LogP contribution in [0.5, 0.6) is 0 Å². The first-order valence-electron chi connectivity index (χ1n) is 9.67. The fourth-order valence-corrected chi connectivity index (χ4v) is 4.52. The Morgan fingerprint density at radius 1 is 0.875 bits per heavy atom. The van der Waals surface area contributed by atoms with Gasteiger partial charge in [-0.3, -0.25) is 4.79 Å². The highest BCUT2D eigenvalue weighted by Crippen LogP contribution is 2.26. The normalized spacial score (nSPS) is 11.3. The molecular weight excluding hydrogens is 448 g/mol. The molecule has 0 aliphatic carbocycles. The number of fused-ring (bicyclic) bond motifs is 1. The van der Waals surface area contributed by atoms with Gasteiger partial charge >= 0.3 is 0 Å². The van der Waals surface area contributed by atoms with Crippen LogP contribution in [0.1, 0.15) is 21.7 Å². The average molecular weight is 467 g/mol. The van der Waals surface area contributed by atoms with Gasteiger partial charge in [-0.1, -0.05) is 35.9 Å². The zero-order chi connectivity index (χ0) is 22.9. The second kappa shape index (κ2) is 8.57. The zero-order valence-corrected chi connectivity index (χ0v) is 18.8. The first-order chi connectivity index (χ1) is 15.2. The first-order valence-corrected chi connectivity index (χ1v) is 11.5. The van der Waals surface area contributed by atoms with Crippen LogP contribution < -0.4 is 10.0 Å². The second-order valence-corrected chi connectivity index (χ2v) is 9.29. The van der Waals surface area contributed by atoms with Gasteiger partial charge in [0.25, 0.3) is 15.9 Å². The molecule has 0 saturated carbocycles. The minimum Gasteiger partial charge on any atom is -0.322 e. The summed E-state index contributed by atoms with van der Waals surface area (Å²) in [4.78, 5) is 21.0. The van der Waals surface area contributed by atoms with Crippen molar-refractivity contribution in [3.05, 3.63) is 88.7 Å². The Morgan fingerprint density at radius 3 is 2.19 bits per heavy atom. The molecule has 0 spiro atoms. The minimum atomic E-state index is -3.88. The van der Waals surface area contributed by atoms with Crippen LogP contribution in [-0.4, -0.2) is 24.3 Å². The number of rotatable bonds is 5. The lowest BCUT2D eigenvalue weighted by Gasteiger charge is -2.11. The van der Waals surface area contributed by atoms with Crippen molar-refractivity contribution < 1.29 is 13.2 Å². The number of halogens is 1. The van der Waals surface area contributed by atoms with Gasteiger partial charge in [0.1, 0.15) is 0 Å². The Balaban J connectivity index is 1.54. The van der Waals surface area contributed by atoms with Gasteiger partial charge in [-0.2, -0.15) is 0 Å². The summed E-state index contributed by atoms with van der Waals surface area (Å²) in [6, 6.07) is 18.3. The molecule has 1 heterocycles. The highest BCUT2D eigenvalue weighted by molar-refractivity contribution is 7.92. The van der Waals surface area contributed by atoms with E-state index in [0.29, 0.717) is 27.7 Å². The Hall–Kier alpha value is -3.49. The van der Waals surface area contributed by atoms with Crippen molar-refractivity contribution in [2.45, 2.75) is 18.7 Å². The molecule has 2 N–H and O–H groups in total. The van der Waals surface area contributed by atoms with Gasteiger partial charge in [-0.25, -0.2) is 23.1 Å². The van der Waals surface area contributed by atoms with Crippen molar-refractivity contribution in [3.8, 4) is 0 Å². The summed E-state index contributed by atoms with van der Waals surface area (Å²) in [5, 5.41) is 4.86. The Bertz CT molecular complexity index is 1420. The van der Waals surface area contributed by atoms with E-state index in [9.17, 15) is 13.2 Å². The molecule has 1 aromatic heterocycles. The number of anilines is 2. The number of aromatic nitrogens is 2. The molecule has 0 radical (unpaired) electrons. The molecule has 32 heavy (non-hydrogen) atoms. The Labute approximate surface area is 190 Å². The summed E-state index contributed by atoms with van der Waals surface area (Å²) in [7, 11) is -3.88. The van der Waals surface area contributed by atoms with Gasteiger partial charge in [0.05, 0.1) is 4.90 Å². The molecule has 1 amide bonds. The number of carbonyl (C=O) groups excluding carboxylic acids is 1. The molecule has 0 aliphatic rings. The van der Waals surface area contributed by atoms with Crippen molar-refractivity contribution in [1.82, 2.24) is 9.97 Å². The molecule has 0 bridgehead atoms. The molecule has 0 saturated heterocycles. The number of sulfonamides is 1. The van der Waals surface area contributed by atoms with E-state index < -0.39 is 10.0 Å². The van der Waals surface area contributed by atoms with Gasteiger partial charge in [0, 0.05) is 33.0 Å². The second-order valence-electron chi connectivity index (χ2n) is 7.20. The molecule has 0 atom stereocenters. The third kappa shape index (κ3) is 4.56. The third-order valence-electron chi connectivity index (χ3n) is 4.74. The van der Waals surface area contributed by atoms with E-state index in [1.165, 1.54) is 24.3 Å². The molecule has 4 rings (SSSR count). The average Bonchev–Trinajstić information content (AvgIpc) is 2.73. The van der Waals surface area contributed by atoms with E-state index in [4.69, 9.17) is 11.6 Å². The molecular formula is C23H19ClN4O3S.